The fraction of sp³-hybridized carbons (Fsp3) is 0.333. The zero-order valence-electron chi connectivity index (χ0n) is 16.2. The molecule has 31 heavy (non-hydrogen) atoms. The molecule has 1 fully saturated rings. The molecule has 1 saturated heterocycles. The Morgan fingerprint density at radius 3 is 2.29 bits per heavy atom. The second-order valence-electron chi connectivity index (χ2n) is 7.43. The Balaban J connectivity index is 1.74. The highest BCUT2D eigenvalue weighted by atomic mass is 16.7. The molecule has 10 nitrogen and oxygen atoms in total. The molecule has 6 atom stereocenters. The monoisotopic (exact) mass is 430 g/mol. The van der Waals surface area contributed by atoms with Gasteiger partial charge < -0.3 is 35.6 Å². The molecule has 0 aliphatic carbocycles. The van der Waals surface area contributed by atoms with Crippen LogP contribution in [0.3, 0.4) is 0 Å². The maximum Gasteiger partial charge on any atom is 0.335 e. The van der Waals surface area contributed by atoms with Crippen molar-refractivity contribution in [2.45, 2.75) is 43.2 Å². The predicted molar refractivity (Wildman–Crippen MR) is 106 cm³/mol. The number of nitrogens with zero attached hydrogens (tertiary/aromatic N) is 1. The Morgan fingerprint density at radius 2 is 1.61 bits per heavy atom. The van der Waals surface area contributed by atoms with Crippen molar-refractivity contribution < 1.29 is 39.5 Å². The summed E-state index contributed by atoms with van der Waals surface area (Å²) >= 11 is 0. The number of nitrogens with two attached hydrogens (primary N) is 1. The zero-order chi connectivity index (χ0) is 22.3. The standard InChI is InChI=1S/C21H22N2O8/c22-21(29)23-12-7-3-1-5-10(12)9-14(11-6-2-4-8-13(11)23)30-20-17(26)15(24)16(25)18(31-20)19(27)28/h1-8,14-18,20,24-26H,9H2,(H2,22,29)(H,27,28)/t14?,15-,16-,17+,18-,20?/m0/s1. The molecule has 2 heterocycles. The molecule has 2 amide bonds. The molecule has 0 spiro atoms. The number of rotatable bonds is 3. The van der Waals surface area contributed by atoms with Gasteiger partial charge in [-0.2, -0.15) is 0 Å². The second kappa shape index (κ2) is 8.25. The maximum atomic E-state index is 12.3. The van der Waals surface area contributed by atoms with Crippen LogP contribution in [0.2, 0.25) is 0 Å². The lowest BCUT2D eigenvalue weighted by Crippen LogP contribution is -2.60. The maximum absolute atomic E-state index is 12.3. The summed E-state index contributed by atoms with van der Waals surface area (Å²) in [6.07, 6.45) is -9.14. The topological polar surface area (TPSA) is 163 Å². The van der Waals surface area contributed by atoms with Crippen molar-refractivity contribution in [1.82, 2.24) is 0 Å². The van der Waals surface area contributed by atoms with Crippen LogP contribution in [-0.2, 0) is 20.7 Å². The van der Waals surface area contributed by atoms with Gasteiger partial charge in [-0.1, -0.05) is 36.4 Å². The third-order valence-corrected chi connectivity index (χ3v) is 5.49. The number of hydrogen-bond acceptors (Lipinski definition) is 7. The number of amides is 2. The summed E-state index contributed by atoms with van der Waals surface area (Å²) in [7, 11) is 0. The largest absolute Gasteiger partial charge is 0.479 e. The lowest BCUT2D eigenvalue weighted by molar-refractivity contribution is -0.305. The first-order chi connectivity index (χ1) is 14.8. The highest BCUT2D eigenvalue weighted by Crippen LogP contribution is 2.42. The molecule has 2 aliphatic rings. The molecule has 6 N–H and O–H groups in total. The van der Waals surface area contributed by atoms with Crippen molar-refractivity contribution in [3.8, 4) is 0 Å². The predicted octanol–water partition coefficient (Wildman–Crippen LogP) is 0.409. The number of carbonyl (C=O) groups excluding carboxylic acids is 1. The summed E-state index contributed by atoms with van der Waals surface area (Å²) < 4.78 is 11.2. The third-order valence-electron chi connectivity index (χ3n) is 5.49. The fourth-order valence-corrected chi connectivity index (χ4v) is 3.99. The minimum absolute atomic E-state index is 0.250. The highest BCUT2D eigenvalue weighted by Gasteiger charge is 2.48. The number of benzene rings is 2. The average Bonchev–Trinajstić information content (AvgIpc) is 2.88. The number of aliphatic hydroxyl groups is 3. The van der Waals surface area contributed by atoms with Gasteiger partial charge in [0.2, 0.25) is 0 Å². The average molecular weight is 430 g/mol. The summed E-state index contributed by atoms with van der Waals surface area (Å²) in [6.45, 7) is 0. The number of anilines is 2. The number of fused-ring (bicyclic) bond motifs is 2. The van der Waals surface area contributed by atoms with Crippen LogP contribution in [0.25, 0.3) is 0 Å². The molecular weight excluding hydrogens is 408 g/mol. The number of hydrogen-bond donors (Lipinski definition) is 5. The molecule has 10 heteroatoms. The summed E-state index contributed by atoms with van der Waals surface area (Å²) in [5, 5.41) is 39.6. The quantitative estimate of drug-likeness (QED) is 0.467. The van der Waals surface area contributed by atoms with Crippen LogP contribution < -0.4 is 10.6 Å². The van der Waals surface area contributed by atoms with E-state index < -0.39 is 48.8 Å². The van der Waals surface area contributed by atoms with Crippen LogP contribution >= 0.6 is 0 Å². The number of carboxylic acids is 1. The van der Waals surface area contributed by atoms with E-state index in [4.69, 9.17) is 15.2 Å². The van der Waals surface area contributed by atoms with Gasteiger partial charge in [0.05, 0.1) is 17.5 Å². The third kappa shape index (κ3) is 3.75. The lowest BCUT2D eigenvalue weighted by Gasteiger charge is -2.39. The van der Waals surface area contributed by atoms with Gasteiger partial charge in [0.1, 0.15) is 18.3 Å². The van der Waals surface area contributed by atoms with Gasteiger partial charge in [-0.25, -0.2) is 9.59 Å². The van der Waals surface area contributed by atoms with Crippen molar-refractivity contribution in [3.63, 3.8) is 0 Å². The van der Waals surface area contributed by atoms with Gasteiger partial charge in [-0.05, 0) is 17.7 Å². The van der Waals surface area contributed by atoms with E-state index in [2.05, 4.69) is 0 Å². The second-order valence-corrected chi connectivity index (χ2v) is 7.43. The normalized spacial score (nSPS) is 30.1. The summed E-state index contributed by atoms with van der Waals surface area (Å²) in [5.74, 6) is -1.50. The van der Waals surface area contributed by atoms with Crippen LogP contribution in [0.4, 0.5) is 16.2 Å². The van der Waals surface area contributed by atoms with Gasteiger partial charge in [0, 0.05) is 12.0 Å². The van der Waals surface area contributed by atoms with E-state index >= 15 is 0 Å². The molecule has 2 aromatic carbocycles. The molecule has 164 valence electrons. The lowest BCUT2D eigenvalue weighted by atomic mass is 9.98. The van der Waals surface area contributed by atoms with Gasteiger partial charge >= 0.3 is 12.0 Å². The number of carbonyl (C=O) groups is 2. The highest BCUT2D eigenvalue weighted by molar-refractivity contribution is 6.00. The van der Waals surface area contributed by atoms with Crippen LogP contribution in [0, 0.1) is 0 Å². The molecule has 0 bridgehead atoms. The molecule has 2 unspecified atom stereocenters. The summed E-state index contributed by atoms with van der Waals surface area (Å²) in [4.78, 5) is 25.0. The first-order valence-electron chi connectivity index (χ1n) is 9.64. The molecule has 0 radical (unpaired) electrons. The van der Waals surface area contributed by atoms with E-state index in [1.54, 1.807) is 48.5 Å². The first kappa shape index (κ1) is 21.2. The Labute approximate surface area is 177 Å². The zero-order valence-corrected chi connectivity index (χ0v) is 16.2. The SMILES string of the molecule is NC(=O)N1c2ccccc2CC(OC2O[C@H](C(=O)O)[C@@H](O)[C@H](O)[C@H]2O)c2ccccc21. The van der Waals surface area contributed by atoms with Crippen molar-refractivity contribution in [3.05, 3.63) is 59.7 Å². The molecule has 2 aliphatic heterocycles. The van der Waals surface area contributed by atoms with Gasteiger partial charge in [-0.15, -0.1) is 0 Å². The van der Waals surface area contributed by atoms with Gasteiger partial charge in [-0.3, -0.25) is 4.90 Å². The Kier molecular flexibility index (Phi) is 5.65. The van der Waals surface area contributed by atoms with Gasteiger partial charge in [0.15, 0.2) is 12.4 Å². The number of para-hydroxylation sites is 2. The molecular formula is C21H22N2O8. The van der Waals surface area contributed by atoms with Crippen LogP contribution in [0.1, 0.15) is 17.2 Å². The van der Waals surface area contributed by atoms with E-state index in [1.165, 1.54) is 4.90 Å². The molecule has 0 saturated carbocycles. The van der Waals surface area contributed by atoms with E-state index in [0.717, 1.165) is 5.56 Å². The van der Waals surface area contributed by atoms with E-state index in [1.807, 2.05) is 0 Å². The van der Waals surface area contributed by atoms with Gasteiger partial charge in [0.25, 0.3) is 0 Å². The van der Waals surface area contributed by atoms with E-state index in [9.17, 15) is 30.0 Å². The molecule has 2 aromatic rings. The first-order valence-corrected chi connectivity index (χ1v) is 9.64. The van der Waals surface area contributed by atoms with Crippen molar-refractivity contribution >= 4 is 23.4 Å². The van der Waals surface area contributed by atoms with Crippen LogP contribution in [-0.4, -0.2) is 63.1 Å². The van der Waals surface area contributed by atoms with E-state index in [-0.39, 0.29) is 6.42 Å². The number of carboxylic acid groups (broad SMARTS) is 1. The van der Waals surface area contributed by atoms with Crippen molar-refractivity contribution in [1.29, 1.82) is 0 Å². The fourth-order valence-electron chi connectivity index (χ4n) is 3.99. The molecule has 4 rings (SSSR count). The minimum Gasteiger partial charge on any atom is -0.479 e. The Morgan fingerprint density at radius 1 is 0.968 bits per heavy atom. The molecule has 0 aromatic heterocycles. The Bertz CT molecular complexity index is 999. The Hall–Kier alpha value is -3.02. The smallest absolute Gasteiger partial charge is 0.335 e. The summed E-state index contributed by atoms with van der Waals surface area (Å²) in [6, 6.07) is 13.3. The van der Waals surface area contributed by atoms with E-state index in [0.29, 0.717) is 16.9 Å². The number of urea groups is 1. The summed E-state index contributed by atoms with van der Waals surface area (Å²) in [5.41, 5.74) is 7.97. The number of aliphatic carboxylic acids is 1. The number of primary amides is 1. The number of aliphatic hydroxyl groups excluding tert-OH is 3. The number of ether oxygens (including phenoxy) is 2. The van der Waals surface area contributed by atoms with Crippen LogP contribution in [0.15, 0.2) is 48.5 Å². The van der Waals surface area contributed by atoms with Crippen molar-refractivity contribution in [2.24, 2.45) is 5.73 Å². The minimum atomic E-state index is -1.82. The van der Waals surface area contributed by atoms with Crippen LogP contribution in [0.5, 0.6) is 0 Å². The van der Waals surface area contributed by atoms with Crippen molar-refractivity contribution in [2.75, 3.05) is 4.90 Å².